The molecule has 0 aliphatic heterocycles. The van der Waals surface area contributed by atoms with Crippen molar-refractivity contribution in [2.45, 2.75) is 13.5 Å². The lowest BCUT2D eigenvalue weighted by molar-refractivity contribution is 0.100. The third-order valence-corrected chi connectivity index (χ3v) is 3.87. The zero-order valence-electron chi connectivity index (χ0n) is 14.5. The van der Waals surface area contributed by atoms with Crippen molar-refractivity contribution in [3.8, 4) is 0 Å². The van der Waals surface area contributed by atoms with Gasteiger partial charge in [-0.3, -0.25) is 14.4 Å². The molecule has 0 saturated carbocycles. The second-order valence-corrected chi connectivity index (χ2v) is 5.93. The molecule has 0 saturated heterocycles. The van der Waals surface area contributed by atoms with Crippen LogP contribution in [0, 0.1) is 5.82 Å². The van der Waals surface area contributed by atoms with Crippen LogP contribution in [-0.2, 0) is 6.54 Å². The summed E-state index contributed by atoms with van der Waals surface area (Å²) in [7, 11) is 0. The Morgan fingerprint density at radius 3 is 2.52 bits per heavy atom. The number of hydrogen-bond acceptors (Lipinski definition) is 4. The van der Waals surface area contributed by atoms with Crippen LogP contribution in [0.3, 0.4) is 0 Å². The molecule has 0 fully saturated rings. The molecular weight excluding hydrogens is 349 g/mol. The molecule has 1 amide bonds. The normalized spacial score (nSPS) is 10.4. The van der Waals surface area contributed by atoms with Gasteiger partial charge in [-0.25, -0.2) is 9.07 Å². The Morgan fingerprint density at radius 1 is 1.07 bits per heavy atom. The highest BCUT2D eigenvalue weighted by atomic mass is 19.1. The van der Waals surface area contributed by atoms with Gasteiger partial charge < -0.3 is 5.32 Å². The van der Waals surface area contributed by atoms with E-state index in [0.29, 0.717) is 16.8 Å². The summed E-state index contributed by atoms with van der Waals surface area (Å²) in [4.78, 5) is 35.9. The van der Waals surface area contributed by atoms with Gasteiger partial charge in [0.25, 0.3) is 11.5 Å². The van der Waals surface area contributed by atoms with Gasteiger partial charge in [-0.15, -0.1) is 0 Å². The van der Waals surface area contributed by atoms with Gasteiger partial charge in [-0.1, -0.05) is 24.3 Å². The van der Waals surface area contributed by atoms with Crippen molar-refractivity contribution in [1.29, 1.82) is 0 Å². The number of carbonyl (C=O) groups is 2. The van der Waals surface area contributed by atoms with E-state index in [2.05, 4.69) is 10.4 Å². The molecule has 1 N–H and O–H groups in total. The fourth-order valence-corrected chi connectivity index (χ4v) is 2.46. The van der Waals surface area contributed by atoms with Crippen LogP contribution in [0.25, 0.3) is 0 Å². The first kappa shape index (κ1) is 18.2. The quantitative estimate of drug-likeness (QED) is 0.705. The van der Waals surface area contributed by atoms with Crippen molar-refractivity contribution in [3.63, 3.8) is 0 Å². The van der Waals surface area contributed by atoms with Gasteiger partial charge in [0, 0.05) is 17.3 Å². The number of Topliss-reactive ketones (excluding diaryl/α,β-unsaturated/α-hetero) is 1. The molecule has 0 unspecified atom stereocenters. The van der Waals surface area contributed by atoms with Crippen molar-refractivity contribution in [1.82, 2.24) is 9.78 Å². The van der Waals surface area contributed by atoms with Crippen LogP contribution in [0.5, 0.6) is 0 Å². The van der Waals surface area contributed by atoms with Crippen LogP contribution in [0.15, 0.2) is 65.5 Å². The van der Waals surface area contributed by atoms with E-state index in [1.165, 1.54) is 31.2 Å². The lowest BCUT2D eigenvalue weighted by Crippen LogP contribution is -2.26. The molecule has 3 aromatic rings. The minimum absolute atomic E-state index is 0.0462. The first-order chi connectivity index (χ1) is 12.9. The first-order valence-corrected chi connectivity index (χ1v) is 8.17. The topological polar surface area (TPSA) is 81.1 Å². The summed E-state index contributed by atoms with van der Waals surface area (Å²) in [6.45, 7) is 1.55. The van der Waals surface area contributed by atoms with Crippen LogP contribution in [0.2, 0.25) is 0 Å². The number of carbonyl (C=O) groups excluding carboxylic acids is 2. The van der Waals surface area contributed by atoms with Gasteiger partial charge in [-0.05, 0) is 42.8 Å². The minimum atomic E-state index is -0.511. The summed E-state index contributed by atoms with van der Waals surface area (Å²) in [6.07, 6.45) is 0. The number of aromatic nitrogens is 2. The summed E-state index contributed by atoms with van der Waals surface area (Å²) >= 11 is 0. The van der Waals surface area contributed by atoms with Crippen LogP contribution in [0.1, 0.15) is 33.3 Å². The fourth-order valence-electron chi connectivity index (χ4n) is 2.46. The Labute approximate surface area is 154 Å². The molecule has 1 aromatic heterocycles. The van der Waals surface area contributed by atoms with Crippen molar-refractivity contribution in [2.75, 3.05) is 5.32 Å². The SMILES string of the molecule is CC(=O)c1cccc(NC(=O)c2ccc(=O)n(Cc3ccc(F)cc3)n2)c1. The van der Waals surface area contributed by atoms with E-state index in [1.54, 1.807) is 36.4 Å². The van der Waals surface area contributed by atoms with Crippen molar-refractivity contribution in [3.05, 3.63) is 93.7 Å². The van der Waals surface area contributed by atoms with Gasteiger partial charge in [0.15, 0.2) is 5.78 Å². The van der Waals surface area contributed by atoms with Gasteiger partial charge in [0.2, 0.25) is 0 Å². The zero-order valence-corrected chi connectivity index (χ0v) is 14.5. The zero-order chi connectivity index (χ0) is 19.4. The molecule has 0 atom stereocenters. The Morgan fingerprint density at radius 2 is 1.81 bits per heavy atom. The number of benzene rings is 2. The summed E-state index contributed by atoms with van der Waals surface area (Å²) < 4.78 is 14.1. The highest BCUT2D eigenvalue weighted by molar-refractivity contribution is 6.03. The molecule has 6 nitrogen and oxygen atoms in total. The number of hydrogen-bond donors (Lipinski definition) is 1. The molecule has 0 bridgehead atoms. The molecule has 2 aromatic carbocycles. The van der Waals surface area contributed by atoms with Crippen LogP contribution >= 0.6 is 0 Å². The van der Waals surface area contributed by atoms with Crippen LogP contribution in [0.4, 0.5) is 10.1 Å². The fraction of sp³-hybridized carbons (Fsp3) is 0.100. The first-order valence-electron chi connectivity index (χ1n) is 8.17. The Balaban J connectivity index is 1.81. The van der Waals surface area contributed by atoms with Crippen molar-refractivity contribution < 1.29 is 14.0 Å². The van der Waals surface area contributed by atoms with Crippen molar-refractivity contribution >= 4 is 17.4 Å². The standard InChI is InChI=1S/C20H16FN3O3/c1-13(25)15-3-2-4-17(11-15)22-20(27)18-9-10-19(26)24(23-18)12-14-5-7-16(21)8-6-14/h2-11H,12H2,1H3,(H,22,27). The lowest BCUT2D eigenvalue weighted by atomic mass is 10.1. The molecule has 0 aliphatic rings. The lowest BCUT2D eigenvalue weighted by Gasteiger charge is -2.09. The predicted octanol–water partition coefficient (Wildman–Crippen LogP) is 2.89. The maximum Gasteiger partial charge on any atom is 0.276 e. The smallest absolute Gasteiger partial charge is 0.276 e. The van der Waals surface area contributed by atoms with E-state index in [1.807, 2.05) is 0 Å². The van der Waals surface area contributed by atoms with Crippen LogP contribution < -0.4 is 10.9 Å². The molecule has 0 spiro atoms. The molecule has 27 heavy (non-hydrogen) atoms. The number of ketones is 1. The third kappa shape index (κ3) is 4.52. The average molecular weight is 365 g/mol. The maximum atomic E-state index is 13.0. The number of anilines is 1. The highest BCUT2D eigenvalue weighted by Gasteiger charge is 2.11. The second-order valence-electron chi connectivity index (χ2n) is 5.93. The number of rotatable bonds is 5. The highest BCUT2D eigenvalue weighted by Crippen LogP contribution is 2.12. The van der Waals surface area contributed by atoms with E-state index in [0.717, 1.165) is 4.68 Å². The molecule has 7 heteroatoms. The number of amides is 1. The molecule has 136 valence electrons. The van der Waals surface area contributed by atoms with Crippen LogP contribution in [-0.4, -0.2) is 21.5 Å². The van der Waals surface area contributed by atoms with E-state index < -0.39 is 5.91 Å². The number of halogens is 1. The largest absolute Gasteiger partial charge is 0.321 e. The van der Waals surface area contributed by atoms with Crippen molar-refractivity contribution in [2.24, 2.45) is 0 Å². The number of nitrogens with one attached hydrogen (secondary N) is 1. The monoisotopic (exact) mass is 365 g/mol. The molecule has 0 radical (unpaired) electrons. The van der Waals surface area contributed by atoms with Gasteiger partial charge in [0.1, 0.15) is 11.5 Å². The van der Waals surface area contributed by atoms with E-state index >= 15 is 0 Å². The predicted molar refractivity (Wildman–Crippen MR) is 98.4 cm³/mol. The Hall–Kier alpha value is -3.61. The molecule has 3 rings (SSSR count). The second kappa shape index (κ2) is 7.74. The summed E-state index contributed by atoms with van der Waals surface area (Å²) in [6, 6.07) is 14.8. The molecular formula is C20H16FN3O3. The summed E-state index contributed by atoms with van der Waals surface area (Å²) in [5.41, 5.74) is 1.27. The molecule has 1 heterocycles. The van der Waals surface area contributed by atoms with Gasteiger partial charge in [-0.2, -0.15) is 5.10 Å². The van der Waals surface area contributed by atoms with E-state index in [4.69, 9.17) is 0 Å². The number of nitrogens with zero attached hydrogens (tertiary/aromatic N) is 2. The minimum Gasteiger partial charge on any atom is -0.321 e. The van der Waals surface area contributed by atoms with E-state index in [9.17, 15) is 18.8 Å². The average Bonchev–Trinajstić information content (AvgIpc) is 2.65. The van der Waals surface area contributed by atoms with Gasteiger partial charge in [0.05, 0.1) is 6.54 Å². The van der Waals surface area contributed by atoms with E-state index in [-0.39, 0.29) is 29.4 Å². The summed E-state index contributed by atoms with van der Waals surface area (Å²) in [5.74, 6) is -0.999. The Bertz CT molecular complexity index is 1060. The Kier molecular flexibility index (Phi) is 5.21. The maximum absolute atomic E-state index is 13.0. The molecule has 0 aliphatic carbocycles. The third-order valence-electron chi connectivity index (χ3n) is 3.87. The van der Waals surface area contributed by atoms with Gasteiger partial charge >= 0.3 is 0 Å². The summed E-state index contributed by atoms with van der Waals surface area (Å²) in [5, 5.41) is 6.73.